The van der Waals surface area contributed by atoms with Crippen molar-refractivity contribution in [3.8, 4) is 0 Å². The third kappa shape index (κ3) is 2.82. The number of hydrogen-bond donors (Lipinski definition) is 0. The van der Waals surface area contributed by atoms with Crippen molar-refractivity contribution in [1.29, 1.82) is 0 Å². The number of benzene rings is 1. The summed E-state index contributed by atoms with van der Waals surface area (Å²) in [7, 11) is 0. The van der Waals surface area contributed by atoms with E-state index in [1.165, 1.54) is 5.01 Å². The van der Waals surface area contributed by atoms with Crippen LogP contribution in [0, 0.1) is 17.3 Å². The van der Waals surface area contributed by atoms with Crippen molar-refractivity contribution >= 4 is 23.3 Å². The van der Waals surface area contributed by atoms with Crippen LogP contribution in [0.1, 0.15) is 33.6 Å². The summed E-state index contributed by atoms with van der Waals surface area (Å²) in [5.74, 6) is 0.288. The van der Waals surface area contributed by atoms with E-state index >= 15 is 0 Å². The Hall–Kier alpha value is -2.69. The molecule has 5 nitrogen and oxygen atoms in total. The predicted octanol–water partition coefficient (Wildman–Crippen LogP) is 3.87. The molecule has 5 heteroatoms. The smallest absolute Gasteiger partial charge is 0.359 e. The lowest BCUT2D eigenvalue weighted by molar-refractivity contribution is -0.135. The monoisotopic (exact) mass is 364 g/mol. The number of rotatable bonds is 4. The minimum atomic E-state index is -0.558. The summed E-state index contributed by atoms with van der Waals surface area (Å²) in [6.07, 6.45) is 6.23. The van der Waals surface area contributed by atoms with Crippen LogP contribution in [0.2, 0.25) is 0 Å². The lowest BCUT2D eigenvalue weighted by atomic mass is 9.49. The van der Waals surface area contributed by atoms with E-state index < -0.39 is 5.97 Å². The summed E-state index contributed by atoms with van der Waals surface area (Å²) in [6, 6.07) is 9.15. The van der Waals surface area contributed by atoms with E-state index in [9.17, 15) is 9.59 Å². The number of carbonyl (C=O) groups is 2. The molecule has 1 heterocycles. The van der Waals surface area contributed by atoms with Gasteiger partial charge in [0.15, 0.2) is 5.71 Å². The topological polar surface area (TPSA) is 59.0 Å². The molecule has 4 aliphatic rings. The number of esters is 1. The molecule has 0 saturated heterocycles. The van der Waals surface area contributed by atoms with Gasteiger partial charge in [-0.2, -0.15) is 10.1 Å². The van der Waals surface area contributed by atoms with Crippen LogP contribution in [0.5, 0.6) is 0 Å². The second-order valence-electron chi connectivity index (χ2n) is 7.93. The zero-order chi connectivity index (χ0) is 19.2. The molecular weight excluding hydrogens is 340 g/mol. The van der Waals surface area contributed by atoms with Crippen LogP contribution in [-0.4, -0.2) is 24.2 Å². The molecule has 2 atom stereocenters. The third-order valence-corrected chi connectivity index (χ3v) is 6.17. The first-order chi connectivity index (χ1) is 12.9. The van der Waals surface area contributed by atoms with Crippen molar-refractivity contribution in [3.63, 3.8) is 0 Å². The highest BCUT2D eigenvalue weighted by Gasteiger charge is 2.51. The van der Waals surface area contributed by atoms with Gasteiger partial charge in [0.25, 0.3) is 5.91 Å². The summed E-state index contributed by atoms with van der Waals surface area (Å²) in [6.45, 7) is 6.55. The molecule has 2 unspecified atom stereocenters. The molecule has 1 aromatic rings. The van der Waals surface area contributed by atoms with E-state index in [4.69, 9.17) is 4.74 Å². The van der Waals surface area contributed by atoms with Gasteiger partial charge in [0.1, 0.15) is 0 Å². The molecule has 1 amide bonds. The average Bonchev–Trinajstić information content (AvgIpc) is 2.99. The van der Waals surface area contributed by atoms with Gasteiger partial charge in [-0.15, -0.1) is 0 Å². The molecule has 1 aromatic carbocycles. The number of allylic oxidation sites excluding steroid dienone is 3. The van der Waals surface area contributed by atoms with Gasteiger partial charge in [-0.3, -0.25) is 4.79 Å². The fraction of sp³-hybridized carbons (Fsp3) is 0.409. The zero-order valence-corrected chi connectivity index (χ0v) is 15.9. The van der Waals surface area contributed by atoms with Gasteiger partial charge in [0, 0.05) is 0 Å². The SMILES string of the molecule is CCOC(=O)C1=NN(c2ccccc2)C(=O)/C1=C\C1=CCC2CC1C2(C)C. The van der Waals surface area contributed by atoms with Crippen molar-refractivity contribution in [2.24, 2.45) is 22.4 Å². The Labute approximate surface area is 159 Å². The summed E-state index contributed by atoms with van der Waals surface area (Å²) >= 11 is 0. The molecule has 5 rings (SSSR count). The number of hydrazone groups is 1. The van der Waals surface area contributed by atoms with Gasteiger partial charge in [-0.25, -0.2) is 4.79 Å². The first-order valence-corrected chi connectivity index (χ1v) is 9.50. The number of anilines is 1. The number of nitrogens with zero attached hydrogens (tertiary/aromatic N) is 2. The zero-order valence-electron chi connectivity index (χ0n) is 15.9. The Morgan fingerprint density at radius 3 is 2.70 bits per heavy atom. The van der Waals surface area contributed by atoms with E-state index in [2.05, 4.69) is 25.0 Å². The van der Waals surface area contributed by atoms with Gasteiger partial charge < -0.3 is 4.74 Å². The molecule has 140 valence electrons. The molecule has 3 aliphatic carbocycles. The van der Waals surface area contributed by atoms with Crippen LogP contribution in [0.25, 0.3) is 0 Å². The molecular formula is C22H24N2O3. The molecule has 2 bridgehead atoms. The van der Waals surface area contributed by atoms with Crippen LogP contribution < -0.4 is 5.01 Å². The lowest BCUT2D eigenvalue weighted by Crippen LogP contribution is -2.47. The number of amides is 1. The van der Waals surface area contributed by atoms with Crippen molar-refractivity contribution in [2.75, 3.05) is 11.6 Å². The fourth-order valence-electron chi connectivity index (χ4n) is 4.37. The van der Waals surface area contributed by atoms with E-state index in [1.807, 2.05) is 24.3 Å². The molecule has 0 aromatic heterocycles. The number of para-hydroxylation sites is 1. The van der Waals surface area contributed by atoms with E-state index in [-0.39, 0.29) is 23.6 Å². The molecule has 1 aliphatic heterocycles. The van der Waals surface area contributed by atoms with Crippen molar-refractivity contribution in [3.05, 3.63) is 53.6 Å². The highest BCUT2D eigenvalue weighted by Crippen LogP contribution is 2.59. The van der Waals surface area contributed by atoms with Crippen molar-refractivity contribution in [1.82, 2.24) is 0 Å². The Balaban J connectivity index is 1.72. The molecule has 1 saturated carbocycles. The maximum Gasteiger partial charge on any atom is 0.359 e. The van der Waals surface area contributed by atoms with Gasteiger partial charge in [0.2, 0.25) is 0 Å². The first-order valence-electron chi connectivity index (χ1n) is 9.50. The van der Waals surface area contributed by atoms with E-state index in [0.717, 1.165) is 18.4 Å². The lowest BCUT2D eigenvalue weighted by Gasteiger charge is -2.56. The van der Waals surface area contributed by atoms with Gasteiger partial charge in [-0.05, 0) is 60.8 Å². The maximum atomic E-state index is 13.1. The minimum Gasteiger partial charge on any atom is -0.461 e. The van der Waals surface area contributed by atoms with Crippen molar-refractivity contribution < 1.29 is 14.3 Å². The molecule has 27 heavy (non-hydrogen) atoms. The predicted molar refractivity (Wildman–Crippen MR) is 104 cm³/mol. The maximum absolute atomic E-state index is 13.1. The van der Waals surface area contributed by atoms with Crippen LogP contribution in [0.15, 0.2) is 58.7 Å². The largest absolute Gasteiger partial charge is 0.461 e. The minimum absolute atomic E-state index is 0.0888. The summed E-state index contributed by atoms with van der Waals surface area (Å²) in [5, 5.41) is 5.60. The van der Waals surface area contributed by atoms with Crippen LogP contribution in [-0.2, 0) is 14.3 Å². The second kappa shape index (κ2) is 6.48. The Morgan fingerprint density at radius 1 is 1.33 bits per heavy atom. The van der Waals surface area contributed by atoms with Crippen LogP contribution >= 0.6 is 0 Å². The average molecular weight is 364 g/mol. The Morgan fingerprint density at radius 2 is 2.07 bits per heavy atom. The highest BCUT2D eigenvalue weighted by atomic mass is 16.5. The molecule has 0 radical (unpaired) electrons. The van der Waals surface area contributed by atoms with Crippen LogP contribution in [0.4, 0.5) is 5.69 Å². The number of ether oxygens (including phenoxy) is 1. The van der Waals surface area contributed by atoms with E-state index in [0.29, 0.717) is 23.1 Å². The van der Waals surface area contributed by atoms with Gasteiger partial charge >= 0.3 is 5.97 Å². The van der Waals surface area contributed by atoms with Crippen molar-refractivity contribution in [2.45, 2.75) is 33.6 Å². The standard InChI is InChI=1S/C22H24N2O3/c1-4-27-21(26)19-17(12-14-10-11-15-13-18(14)22(15,2)3)20(25)24(23-19)16-8-6-5-7-9-16/h5-10,12,15,18H,4,11,13H2,1-3H3/b17-12-. The Kier molecular flexibility index (Phi) is 4.25. The Bertz CT molecular complexity index is 880. The first kappa shape index (κ1) is 17.7. The van der Waals surface area contributed by atoms with Crippen LogP contribution in [0.3, 0.4) is 0 Å². The molecule has 0 N–H and O–H groups in total. The molecule has 0 spiro atoms. The summed E-state index contributed by atoms with van der Waals surface area (Å²) in [4.78, 5) is 25.5. The van der Waals surface area contributed by atoms with E-state index in [1.54, 1.807) is 19.1 Å². The fourth-order valence-corrected chi connectivity index (χ4v) is 4.37. The quantitative estimate of drug-likeness (QED) is 0.602. The number of fused-ring (bicyclic) bond motifs is 1. The number of carbonyl (C=O) groups excluding carboxylic acids is 2. The highest BCUT2D eigenvalue weighted by molar-refractivity contribution is 6.53. The number of hydrogen-bond acceptors (Lipinski definition) is 4. The molecule has 1 fully saturated rings. The summed E-state index contributed by atoms with van der Waals surface area (Å²) < 4.78 is 5.15. The van der Waals surface area contributed by atoms with Gasteiger partial charge in [-0.1, -0.05) is 38.1 Å². The second-order valence-corrected chi connectivity index (χ2v) is 7.93. The van der Waals surface area contributed by atoms with Gasteiger partial charge in [0.05, 0.1) is 17.9 Å². The third-order valence-electron chi connectivity index (χ3n) is 6.17. The normalized spacial score (nSPS) is 27.1. The summed E-state index contributed by atoms with van der Waals surface area (Å²) in [5.41, 5.74) is 2.42.